The number of anilines is 1. The van der Waals surface area contributed by atoms with E-state index in [-0.39, 0.29) is 11.5 Å². The third-order valence-electron chi connectivity index (χ3n) is 1.70. The van der Waals surface area contributed by atoms with E-state index in [1.165, 1.54) is 12.3 Å². The lowest BCUT2D eigenvalue weighted by Gasteiger charge is -1.97. The minimum atomic E-state index is -0.538. The molecule has 0 fully saturated rings. The van der Waals surface area contributed by atoms with E-state index >= 15 is 0 Å². The average Bonchev–Trinajstić information content (AvgIpc) is 2.20. The van der Waals surface area contributed by atoms with Gasteiger partial charge in [-0.15, -0.1) is 0 Å². The van der Waals surface area contributed by atoms with E-state index in [0.29, 0.717) is 5.56 Å². The molecule has 1 heterocycles. The molecule has 0 aliphatic rings. The second kappa shape index (κ2) is 5.45. The van der Waals surface area contributed by atoms with Gasteiger partial charge in [0, 0.05) is 17.6 Å². The Labute approximate surface area is 95.3 Å². The first-order valence-corrected chi connectivity index (χ1v) is 5.39. The highest BCUT2D eigenvalue weighted by Crippen LogP contribution is 2.20. The van der Waals surface area contributed by atoms with Crippen LogP contribution < -0.4 is 5.73 Å². The van der Waals surface area contributed by atoms with Crippen LogP contribution in [0.1, 0.15) is 12.0 Å². The van der Waals surface area contributed by atoms with Crippen molar-refractivity contribution in [2.24, 2.45) is 0 Å². The van der Waals surface area contributed by atoms with Crippen molar-refractivity contribution >= 4 is 33.5 Å². The van der Waals surface area contributed by atoms with Crippen molar-refractivity contribution in [1.29, 1.82) is 0 Å². The molecule has 0 spiro atoms. The normalized spacial score (nSPS) is 10.7. The summed E-state index contributed by atoms with van der Waals surface area (Å²) >= 11 is 3.28. The van der Waals surface area contributed by atoms with Crippen molar-refractivity contribution in [3.05, 3.63) is 34.0 Å². The molecule has 2 N–H and O–H groups in total. The number of alkyl halides is 1. The smallest absolute Gasteiger partial charge is 0.311 e. The third-order valence-corrected chi connectivity index (χ3v) is 2.16. The molecule has 0 atom stereocenters. The molecule has 15 heavy (non-hydrogen) atoms. The minimum Gasteiger partial charge on any atom is -0.378 e. The Kier molecular flexibility index (Phi) is 4.23. The van der Waals surface area contributed by atoms with Gasteiger partial charge in [0.1, 0.15) is 0 Å². The highest BCUT2D eigenvalue weighted by atomic mass is 79.9. The van der Waals surface area contributed by atoms with Crippen molar-refractivity contribution < 1.29 is 4.92 Å². The molecular weight excluding hydrogens is 262 g/mol. The Hall–Kier alpha value is -1.43. The molecule has 0 aliphatic carbocycles. The summed E-state index contributed by atoms with van der Waals surface area (Å²) in [4.78, 5) is 13.8. The van der Waals surface area contributed by atoms with Crippen LogP contribution in [0.5, 0.6) is 0 Å². The Balaban J connectivity index is 2.92. The zero-order valence-electron chi connectivity index (χ0n) is 7.89. The van der Waals surface area contributed by atoms with Gasteiger partial charge in [-0.25, -0.2) is 4.98 Å². The van der Waals surface area contributed by atoms with E-state index in [1.54, 1.807) is 6.08 Å². The summed E-state index contributed by atoms with van der Waals surface area (Å²) in [5.41, 5.74) is 5.88. The van der Waals surface area contributed by atoms with Crippen molar-refractivity contribution in [3.63, 3.8) is 0 Å². The van der Waals surface area contributed by atoms with E-state index in [9.17, 15) is 10.1 Å². The van der Waals surface area contributed by atoms with Crippen molar-refractivity contribution in [1.82, 2.24) is 4.98 Å². The number of hydrogen-bond acceptors (Lipinski definition) is 4. The Morgan fingerprint density at radius 2 is 2.40 bits per heavy atom. The van der Waals surface area contributed by atoms with Crippen LogP contribution in [0.4, 0.5) is 11.5 Å². The summed E-state index contributed by atoms with van der Waals surface area (Å²) < 4.78 is 0. The van der Waals surface area contributed by atoms with Crippen molar-refractivity contribution in [3.8, 4) is 0 Å². The van der Waals surface area contributed by atoms with Crippen LogP contribution in [0.15, 0.2) is 18.3 Å². The van der Waals surface area contributed by atoms with E-state index < -0.39 is 4.92 Å². The Bertz CT molecular complexity index is 393. The maximum absolute atomic E-state index is 10.6. The van der Waals surface area contributed by atoms with Crippen LogP contribution in [0.25, 0.3) is 6.08 Å². The fraction of sp³-hybridized carbons (Fsp3) is 0.222. The highest BCUT2D eigenvalue weighted by molar-refractivity contribution is 9.09. The molecule has 0 saturated heterocycles. The molecule has 0 aromatic carbocycles. The SMILES string of the molecule is Nc1ncc(C=CCCBr)cc1[N+](=O)[O-]. The lowest BCUT2D eigenvalue weighted by atomic mass is 10.2. The van der Waals surface area contributed by atoms with Gasteiger partial charge in [-0.05, 0) is 12.0 Å². The molecule has 5 nitrogen and oxygen atoms in total. The van der Waals surface area contributed by atoms with Crippen LogP contribution in [0.2, 0.25) is 0 Å². The number of rotatable bonds is 4. The standard InChI is InChI=1S/C9H10BrN3O2/c10-4-2-1-3-7-5-8(13(14)15)9(11)12-6-7/h1,3,5-6H,2,4H2,(H2,11,12). The van der Waals surface area contributed by atoms with Crippen molar-refractivity contribution in [2.75, 3.05) is 11.1 Å². The number of nitrogen functional groups attached to an aromatic ring is 1. The first-order valence-electron chi connectivity index (χ1n) is 4.27. The maximum atomic E-state index is 10.6. The lowest BCUT2D eigenvalue weighted by molar-refractivity contribution is -0.384. The van der Waals surface area contributed by atoms with Crippen LogP contribution in [0, 0.1) is 10.1 Å². The van der Waals surface area contributed by atoms with E-state index in [0.717, 1.165) is 11.8 Å². The molecule has 1 aromatic heterocycles. The summed E-state index contributed by atoms with van der Waals surface area (Å²) in [7, 11) is 0. The highest BCUT2D eigenvalue weighted by Gasteiger charge is 2.11. The van der Waals surface area contributed by atoms with Crippen LogP contribution in [-0.4, -0.2) is 15.2 Å². The predicted molar refractivity (Wildman–Crippen MR) is 62.7 cm³/mol. The summed E-state index contributed by atoms with van der Waals surface area (Å²) in [6.07, 6.45) is 6.05. The van der Waals surface area contributed by atoms with Crippen LogP contribution in [0.3, 0.4) is 0 Å². The molecule has 0 amide bonds. The lowest BCUT2D eigenvalue weighted by Crippen LogP contribution is -1.98. The van der Waals surface area contributed by atoms with Gasteiger partial charge in [0.05, 0.1) is 4.92 Å². The Morgan fingerprint density at radius 3 is 3.00 bits per heavy atom. The zero-order valence-corrected chi connectivity index (χ0v) is 9.48. The topological polar surface area (TPSA) is 82.0 Å². The average molecular weight is 272 g/mol. The molecule has 1 aromatic rings. The number of aromatic nitrogens is 1. The first-order chi connectivity index (χ1) is 7.15. The van der Waals surface area contributed by atoms with Crippen LogP contribution in [-0.2, 0) is 0 Å². The van der Waals surface area contributed by atoms with Crippen LogP contribution >= 0.6 is 15.9 Å². The second-order valence-electron chi connectivity index (χ2n) is 2.81. The van der Waals surface area contributed by atoms with Gasteiger partial charge < -0.3 is 5.73 Å². The predicted octanol–water partition coefficient (Wildman–Crippen LogP) is 2.37. The van der Waals surface area contributed by atoms with E-state index in [4.69, 9.17) is 5.73 Å². The minimum absolute atomic E-state index is 0.0577. The number of nitrogens with zero attached hydrogens (tertiary/aromatic N) is 2. The molecule has 6 heteroatoms. The second-order valence-corrected chi connectivity index (χ2v) is 3.60. The first kappa shape index (κ1) is 11.6. The summed E-state index contributed by atoms with van der Waals surface area (Å²) in [5, 5.41) is 11.4. The largest absolute Gasteiger partial charge is 0.378 e. The van der Waals surface area contributed by atoms with Gasteiger partial charge in [0.25, 0.3) is 0 Å². The summed E-state index contributed by atoms with van der Waals surface area (Å²) in [6.45, 7) is 0. The quantitative estimate of drug-likeness (QED) is 0.518. The molecule has 1 rings (SSSR count). The number of hydrogen-bond donors (Lipinski definition) is 1. The monoisotopic (exact) mass is 271 g/mol. The third kappa shape index (κ3) is 3.32. The number of pyridine rings is 1. The Morgan fingerprint density at radius 1 is 1.67 bits per heavy atom. The molecule has 0 unspecified atom stereocenters. The number of nitro groups is 1. The number of nitrogens with two attached hydrogens (primary N) is 1. The molecule has 0 bridgehead atoms. The molecular formula is C9H10BrN3O2. The zero-order chi connectivity index (χ0) is 11.3. The van der Waals surface area contributed by atoms with Gasteiger partial charge in [-0.2, -0.15) is 0 Å². The van der Waals surface area contributed by atoms with Gasteiger partial charge >= 0.3 is 5.69 Å². The molecule has 0 saturated carbocycles. The van der Waals surface area contributed by atoms with Gasteiger partial charge in [-0.1, -0.05) is 28.1 Å². The van der Waals surface area contributed by atoms with E-state index in [2.05, 4.69) is 20.9 Å². The molecule has 80 valence electrons. The summed E-state index contributed by atoms with van der Waals surface area (Å²) in [5.74, 6) is -0.0577. The van der Waals surface area contributed by atoms with Crippen molar-refractivity contribution in [2.45, 2.75) is 6.42 Å². The van der Waals surface area contributed by atoms with Gasteiger partial charge in [-0.3, -0.25) is 10.1 Å². The molecule has 0 radical (unpaired) electrons. The number of allylic oxidation sites excluding steroid dienone is 1. The summed E-state index contributed by atoms with van der Waals surface area (Å²) in [6, 6.07) is 1.41. The molecule has 0 aliphatic heterocycles. The fourth-order valence-electron chi connectivity index (χ4n) is 0.999. The number of halogens is 1. The fourth-order valence-corrected chi connectivity index (χ4v) is 1.26. The van der Waals surface area contributed by atoms with E-state index in [1.807, 2.05) is 6.08 Å². The maximum Gasteiger partial charge on any atom is 0.311 e. The van der Waals surface area contributed by atoms with Gasteiger partial charge in [0.15, 0.2) is 0 Å². The van der Waals surface area contributed by atoms with Gasteiger partial charge in [0.2, 0.25) is 5.82 Å².